The van der Waals surface area contributed by atoms with Gasteiger partial charge in [0.2, 0.25) is 0 Å². The third kappa shape index (κ3) is 3.56. The normalized spacial score (nSPS) is 19.2. The van der Waals surface area contributed by atoms with Gasteiger partial charge in [-0.05, 0) is 36.5 Å². The van der Waals surface area contributed by atoms with Crippen LogP contribution in [0.2, 0.25) is 0 Å². The zero-order valence-corrected chi connectivity index (χ0v) is 12.2. The van der Waals surface area contributed by atoms with Gasteiger partial charge < -0.3 is 5.73 Å². The van der Waals surface area contributed by atoms with Gasteiger partial charge in [0.15, 0.2) is 0 Å². The molecule has 0 aromatic heterocycles. The molecule has 0 bridgehead atoms. The van der Waals surface area contributed by atoms with E-state index in [1.54, 1.807) is 0 Å². The number of hydrogen-bond acceptors (Lipinski definition) is 1. The lowest BCUT2D eigenvalue weighted by molar-refractivity contribution is 0.319. The van der Waals surface area contributed by atoms with E-state index in [-0.39, 0.29) is 6.04 Å². The highest BCUT2D eigenvalue weighted by atomic mass is 79.9. The van der Waals surface area contributed by atoms with Crippen LogP contribution in [0.4, 0.5) is 0 Å². The van der Waals surface area contributed by atoms with Crippen LogP contribution in [0.15, 0.2) is 22.7 Å². The molecule has 2 heteroatoms. The van der Waals surface area contributed by atoms with Gasteiger partial charge >= 0.3 is 0 Å². The summed E-state index contributed by atoms with van der Waals surface area (Å²) >= 11 is 3.58. The lowest BCUT2D eigenvalue weighted by Crippen LogP contribution is -2.17. The predicted octanol–water partition coefficient (Wildman–Crippen LogP) is 4.73. The van der Waals surface area contributed by atoms with Gasteiger partial charge in [0.25, 0.3) is 0 Å². The zero-order chi connectivity index (χ0) is 12.3. The molecule has 1 fully saturated rings. The van der Waals surface area contributed by atoms with Gasteiger partial charge in [0.1, 0.15) is 0 Å². The highest BCUT2D eigenvalue weighted by Gasteiger charge is 2.17. The van der Waals surface area contributed by atoms with Crippen molar-refractivity contribution in [2.75, 3.05) is 0 Å². The molecule has 0 spiro atoms. The molecule has 1 atom stereocenters. The molecule has 17 heavy (non-hydrogen) atoms. The molecular weight excluding hydrogens is 274 g/mol. The molecule has 1 aromatic carbocycles. The topological polar surface area (TPSA) is 26.0 Å². The molecule has 1 aliphatic rings. The van der Waals surface area contributed by atoms with E-state index in [0.29, 0.717) is 0 Å². The highest BCUT2D eigenvalue weighted by molar-refractivity contribution is 9.10. The second-order valence-electron chi connectivity index (χ2n) is 5.35. The minimum absolute atomic E-state index is 0.204. The molecule has 2 rings (SSSR count). The maximum atomic E-state index is 6.32. The van der Waals surface area contributed by atoms with Crippen LogP contribution < -0.4 is 5.73 Å². The average molecular weight is 296 g/mol. The number of halogens is 1. The Morgan fingerprint density at radius 3 is 2.65 bits per heavy atom. The van der Waals surface area contributed by atoms with Gasteiger partial charge in [-0.2, -0.15) is 0 Å². The van der Waals surface area contributed by atoms with Crippen LogP contribution in [-0.2, 0) is 0 Å². The molecule has 1 aliphatic carbocycles. The summed E-state index contributed by atoms with van der Waals surface area (Å²) in [6.07, 6.45) is 8.11. The fourth-order valence-corrected chi connectivity index (χ4v) is 3.15. The summed E-state index contributed by atoms with van der Waals surface area (Å²) in [6.45, 7) is 2.11. The lowest BCUT2D eigenvalue weighted by atomic mass is 9.83. The number of rotatable bonds is 3. The summed E-state index contributed by atoms with van der Waals surface area (Å²) in [5, 5.41) is 0. The van der Waals surface area contributed by atoms with Crippen LogP contribution in [0.3, 0.4) is 0 Å². The van der Waals surface area contributed by atoms with Crippen molar-refractivity contribution in [2.24, 2.45) is 11.7 Å². The van der Waals surface area contributed by atoms with Crippen molar-refractivity contribution in [1.29, 1.82) is 0 Å². The summed E-state index contributed by atoms with van der Waals surface area (Å²) in [6, 6.07) is 6.71. The van der Waals surface area contributed by atoms with E-state index < -0.39 is 0 Å². The van der Waals surface area contributed by atoms with Crippen LogP contribution in [0.5, 0.6) is 0 Å². The number of nitrogens with two attached hydrogens (primary N) is 1. The van der Waals surface area contributed by atoms with E-state index in [9.17, 15) is 0 Å². The molecular formula is C15H22BrN. The maximum absolute atomic E-state index is 6.32. The fourth-order valence-electron chi connectivity index (χ4n) is 2.76. The second-order valence-corrected chi connectivity index (χ2v) is 6.21. The molecule has 1 saturated carbocycles. The molecule has 1 nitrogen and oxygen atoms in total. The maximum Gasteiger partial charge on any atom is 0.0297 e. The molecule has 0 amide bonds. The molecule has 1 unspecified atom stereocenters. The first-order valence-corrected chi connectivity index (χ1v) is 7.48. The minimum Gasteiger partial charge on any atom is -0.324 e. The Kier molecular flexibility index (Phi) is 4.63. The first-order chi connectivity index (χ1) is 8.16. The molecule has 0 radical (unpaired) electrons. The third-order valence-corrected chi connectivity index (χ3v) is 4.79. The summed E-state index contributed by atoms with van der Waals surface area (Å²) in [4.78, 5) is 0. The Labute approximate surface area is 113 Å². The monoisotopic (exact) mass is 295 g/mol. The van der Waals surface area contributed by atoms with Crippen LogP contribution in [0.1, 0.15) is 55.7 Å². The third-order valence-electron chi connectivity index (χ3n) is 3.94. The number of aryl methyl sites for hydroxylation is 1. The Morgan fingerprint density at radius 2 is 2.00 bits per heavy atom. The average Bonchev–Trinajstić information content (AvgIpc) is 2.34. The van der Waals surface area contributed by atoms with Crippen molar-refractivity contribution >= 4 is 15.9 Å². The minimum atomic E-state index is 0.204. The number of benzene rings is 1. The summed E-state index contributed by atoms with van der Waals surface area (Å²) in [7, 11) is 0. The summed E-state index contributed by atoms with van der Waals surface area (Å²) in [5.41, 5.74) is 8.87. The van der Waals surface area contributed by atoms with Gasteiger partial charge in [0.05, 0.1) is 0 Å². The van der Waals surface area contributed by atoms with Crippen molar-refractivity contribution < 1.29 is 0 Å². The van der Waals surface area contributed by atoms with Crippen molar-refractivity contribution in [1.82, 2.24) is 0 Å². The van der Waals surface area contributed by atoms with Crippen LogP contribution in [0.25, 0.3) is 0 Å². The van der Waals surface area contributed by atoms with Crippen LogP contribution in [0, 0.1) is 12.8 Å². The molecule has 0 aliphatic heterocycles. The standard InChI is InChI=1S/C15H22BrN/c1-11-7-8-13(10-14(11)16)15(17)9-12-5-3-2-4-6-12/h7-8,10,12,15H,2-6,9,17H2,1H3. The van der Waals surface area contributed by atoms with Crippen molar-refractivity contribution in [2.45, 2.75) is 51.5 Å². The SMILES string of the molecule is Cc1ccc(C(N)CC2CCCCC2)cc1Br. The largest absolute Gasteiger partial charge is 0.324 e. The van der Waals surface area contributed by atoms with Gasteiger partial charge in [-0.15, -0.1) is 0 Å². The van der Waals surface area contributed by atoms with Crippen LogP contribution >= 0.6 is 15.9 Å². The van der Waals surface area contributed by atoms with Crippen molar-refractivity contribution in [3.05, 3.63) is 33.8 Å². The fraction of sp³-hybridized carbons (Fsp3) is 0.600. The quantitative estimate of drug-likeness (QED) is 0.857. The van der Waals surface area contributed by atoms with Gasteiger partial charge in [-0.3, -0.25) is 0 Å². The smallest absolute Gasteiger partial charge is 0.0297 e. The Morgan fingerprint density at radius 1 is 1.29 bits per heavy atom. The second kappa shape index (κ2) is 6.01. The van der Waals surface area contributed by atoms with E-state index in [4.69, 9.17) is 5.73 Å². The van der Waals surface area contributed by atoms with Gasteiger partial charge in [0, 0.05) is 10.5 Å². The molecule has 0 heterocycles. The Balaban J connectivity index is 1.98. The van der Waals surface area contributed by atoms with Gasteiger partial charge in [-0.1, -0.05) is 60.2 Å². The molecule has 94 valence electrons. The highest BCUT2D eigenvalue weighted by Crippen LogP contribution is 2.31. The molecule has 2 N–H and O–H groups in total. The lowest BCUT2D eigenvalue weighted by Gasteiger charge is -2.25. The summed E-state index contributed by atoms with van der Waals surface area (Å²) < 4.78 is 1.18. The van der Waals surface area contributed by atoms with Gasteiger partial charge in [-0.25, -0.2) is 0 Å². The first kappa shape index (κ1) is 13.1. The van der Waals surface area contributed by atoms with E-state index in [1.165, 1.54) is 47.7 Å². The van der Waals surface area contributed by atoms with Crippen LogP contribution in [-0.4, -0.2) is 0 Å². The molecule has 1 aromatic rings. The molecule has 0 saturated heterocycles. The number of hydrogen-bond donors (Lipinski definition) is 1. The van der Waals surface area contributed by atoms with Crippen molar-refractivity contribution in [3.8, 4) is 0 Å². The zero-order valence-electron chi connectivity index (χ0n) is 10.6. The summed E-state index contributed by atoms with van der Waals surface area (Å²) in [5.74, 6) is 0.846. The first-order valence-electron chi connectivity index (χ1n) is 6.68. The predicted molar refractivity (Wildman–Crippen MR) is 77.0 cm³/mol. The van der Waals surface area contributed by atoms with E-state index >= 15 is 0 Å². The van der Waals surface area contributed by atoms with Crippen molar-refractivity contribution in [3.63, 3.8) is 0 Å². The van der Waals surface area contributed by atoms with E-state index in [2.05, 4.69) is 41.1 Å². The van der Waals surface area contributed by atoms with E-state index in [0.717, 1.165) is 12.3 Å². The Bertz CT molecular complexity index is 369. The Hall–Kier alpha value is -0.340. The van der Waals surface area contributed by atoms with E-state index in [1.807, 2.05) is 0 Å².